The zero-order chi connectivity index (χ0) is 13.0. The molecule has 18 heavy (non-hydrogen) atoms. The summed E-state index contributed by atoms with van der Waals surface area (Å²) in [6.07, 6.45) is 11.7. The van der Waals surface area contributed by atoms with Gasteiger partial charge in [-0.05, 0) is 26.7 Å². The molecule has 0 saturated heterocycles. The van der Waals surface area contributed by atoms with Gasteiger partial charge >= 0.3 is 0 Å². The quantitative estimate of drug-likeness (QED) is 0.886. The van der Waals surface area contributed by atoms with Gasteiger partial charge in [-0.15, -0.1) is 0 Å². The molecule has 0 fully saturated rings. The van der Waals surface area contributed by atoms with Crippen LogP contribution in [0.25, 0.3) is 5.57 Å². The van der Waals surface area contributed by atoms with Crippen LogP contribution in [0.2, 0.25) is 0 Å². The van der Waals surface area contributed by atoms with Crippen LogP contribution in [0.1, 0.15) is 32.5 Å². The molecular formula is C14H18N2O2. The fraction of sp³-hybridized carbons (Fsp3) is 0.429. The van der Waals surface area contributed by atoms with Gasteiger partial charge < -0.3 is 9.84 Å². The molecule has 1 aromatic rings. The highest BCUT2D eigenvalue weighted by molar-refractivity contribution is 5.70. The van der Waals surface area contributed by atoms with Crippen molar-refractivity contribution in [1.29, 1.82) is 0 Å². The smallest absolute Gasteiger partial charge is 0.159 e. The van der Waals surface area contributed by atoms with Crippen molar-refractivity contribution in [3.8, 4) is 5.75 Å². The highest BCUT2D eigenvalue weighted by atomic mass is 16.5. The van der Waals surface area contributed by atoms with E-state index in [-0.39, 0.29) is 6.61 Å². The summed E-state index contributed by atoms with van der Waals surface area (Å²) >= 11 is 0. The van der Waals surface area contributed by atoms with Crippen LogP contribution in [0, 0.1) is 0 Å². The third-order valence-corrected chi connectivity index (χ3v) is 2.47. The fourth-order valence-corrected chi connectivity index (χ4v) is 1.58. The summed E-state index contributed by atoms with van der Waals surface area (Å²) in [5.74, 6) is 1.28. The lowest BCUT2D eigenvalue weighted by Gasteiger charge is -2.17. The second-order valence-corrected chi connectivity index (χ2v) is 4.98. The number of rotatable bonds is 4. The first kappa shape index (κ1) is 12.8. The minimum absolute atomic E-state index is 0.221. The number of hydrogen-bond donors (Lipinski definition) is 1. The third-order valence-electron chi connectivity index (χ3n) is 2.47. The Balaban J connectivity index is 2.01. The lowest BCUT2D eigenvalue weighted by molar-refractivity contribution is 0.0282. The van der Waals surface area contributed by atoms with Crippen molar-refractivity contribution < 1.29 is 9.84 Å². The molecule has 0 atom stereocenters. The minimum Gasteiger partial charge on any atom is -0.487 e. The van der Waals surface area contributed by atoms with Gasteiger partial charge in [0.2, 0.25) is 0 Å². The number of hydrogen-bond acceptors (Lipinski definition) is 4. The summed E-state index contributed by atoms with van der Waals surface area (Å²) in [5, 5.41) is 9.55. The molecule has 0 saturated carbocycles. The van der Waals surface area contributed by atoms with E-state index in [1.54, 1.807) is 26.2 Å². The first-order chi connectivity index (χ1) is 8.54. The van der Waals surface area contributed by atoms with Crippen molar-refractivity contribution >= 4 is 5.57 Å². The number of allylic oxidation sites excluding steroid dienone is 4. The largest absolute Gasteiger partial charge is 0.487 e. The molecule has 1 aliphatic rings. The Morgan fingerprint density at radius 2 is 2.00 bits per heavy atom. The SMILES string of the molecule is CC(C)(O)COc1cnc(C2=CCCC=C2)nc1. The second kappa shape index (κ2) is 5.31. The normalized spacial score (nSPS) is 15.4. The van der Waals surface area contributed by atoms with E-state index in [4.69, 9.17) is 4.74 Å². The zero-order valence-electron chi connectivity index (χ0n) is 10.8. The van der Waals surface area contributed by atoms with Crippen LogP contribution in [-0.4, -0.2) is 27.3 Å². The van der Waals surface area contributed by atoms with E-state index in [9.17, 15) is 5.11 Å². The van der Waals surface area contributed by atoms with Crippen LogP contribution in [0.3, 0.4) is 0 Å². The summed E-state index contributed by atoms with van der Waals surface area (Å²) < 4.78 is 5.40. The van der Waals surface area contributed by atoms with E-state index >= 15 is 0 Å². The zero-order valence-corrected chi connectivity index (χ0v) is 10.8. The molecule has 0 aromatic carbocycles. The molecule has 0 spiro atoms. The molecule has 4 heteroatoms. The highest BCUT2D eigenvalue weighted by Crippen LogP contribution is 2.19. The van der Waals surface area contributed by atoms with Gasteiger partial charge in [-0.25, -0.2) is 9.97 Å². The first-order valence-corrected chi connectivity index (χ1v) is 6.09. The maximum atomic E-state index is 9.55. The predicted molar refractivity (Wildman–Crippen MR) is 70.2 cm³/mol. The van der Waals surface area contributed by atoms with Gasteiger partial charge in [0.05, 0.1) is 18.0 Å². The average molecular weight is 246 g/mol. The van der Waals surface area contributed by atoms with E-state index < -0.39 is 5.60 Å². The van der Waals surface area contributed by atoms with Gasteiger partial charge in [0.15, 0.2) is 11.6 Å². The fourth-order valence-electron chi connectivity index (χ4n) is 1.58. The van der Waals surface area contributed by atoms with Crippen LogP contribution in [0.4, 0.5) is 0 Å². The molecule has 1 aromatic heterocycles. The summed E-state index contributed by atoms with van der Waals surface area (Å²) in [5.41, 5.74) is 0.197. The van der Waals surface area contributed by atoms with Crippen molar-refractivity contribution in [2.75, 3.05) is 6.61 Å². The first-order valence-electron chi connectivity index (χ1n) is 6.09. The summed E-state index contributed by atoms with van der Waals surface area (Å²) in [6, 6.07) is 0. The lowest BCUT2D eigenvalue weighted by atomic mass is 10.1. The molecule has 0 bridgehead atoms. The van der Waals surface area contributed by atoms with Gasteiger partial charge in [0.1, 0.15) is 6.61 Å². The van der Waals surface area contributed by atoms with Gasteiger partial charge in [-0.2, -0.15) is 0 Å². The van der Waals surface area contributed by atoms with E-state index in [0.717, 1.165) is 18.4 Å². The molecule has 0 amide bonds. The topological polar surface area (TPSA) is 55.2 Å². The van der Waals surface area contributed by atoms with Gasteiger partial charge in [-0.1, -0.05) is 18.2 Å². The maximum absolute atomic E-state index is 9.55. The molecule has 0 radical (unpaired) electrons. The van der Waals surface area contributed by atoms with Crippen LogP contribution >= 0.6 is 0 Å². The Labute approximate surface area is 107 Å². The molecule has 1 heterocycles. The molecule has 0 unspecified atom stereocenters. The highest BCUT2D eigenvalue weighted by Gasteiger charge is 2.13. The van der Waals surface area contributed by atoms with Crippen LogP contribution < -0.4 is 4.74 Å². The Morgan fingerprint density at radius 3 is 2.56 bits per heavy atom. The molecule has 4 nitrogen and oxygen atoms in total. The van der Waals surface area contributed by atoms with Crippen LogP contribution in [-0.2, 0) is 0 Å². The summed E-state index contributed by atoms with van der Waals surface area (Å²) in [4.78, 5) is 8.53. The van der Waals surface area contributed by atoms with Crippen molar-refractivity contribution in [3.05, 3.63) is 36.4 Å². The minimum atomic E-state index is -0.854. The number of nitrogens with zero attached hydrogens (tertiary/aromatic N) is 2. The lowest BCUT2D eigenvalue weighted by Crippen LogP contribution is -2.27. The molecular weight excluding hydrogens is 228 g/mol. The van der Waals surface area contributed by atoms with Crippen molar-refractivity contribution in [2.45, 2.75) is 32.3 Å². The third kappa shape index (κ3) is 3.67. The van der Waals surface area contributed by atoms with E-state index in [0.29, 0.717) is 11.6 Å². The van der Waals surface area contributed by atoms with Crippen LogP contribution in [0.15, 0.2) is 30.6 Å². The predicted octanol–water partition coefficient (Wildman–Crippen LogP) is 2.36. The monoisotopic (exact) mass is 246 g/mol. The maximum Gasteiger partial charge on any atom is 0.159 e. The summed E-state index contributed by atoms with van der Waals surface area (Å²) in [7, 11) is 0. The number of ether oxygens (including phenoxy) is 1. The van der Waals surface area contributed by atoms with Gasteiger partial charge in [-0.3, -0.25) is 0 Å². The molecule has 2 rings (SSSR count). The second-order valence-electron chi connectivity index (χ2n) is 4.98. The Hall–Kier alpha value is -1.68. The average Bonchev–Trinajstić information content (AvgIpc) is 2.37. The molecule has 1 aliphatic carbocycles. The van der Waals surface area contributed by atoms with Crippen molar-refractivity contribution in [2.24, 2.45) is 0 Å². The van der Waals surface area contributed by atoms with Gasteiger partial charge in [0.25, 0.3) is 0 Å². The Bertz CT molecular complexity index is 456. The van der Waals surface area contributed by atoms with Crippen molar-refractivity contribution in [3.63, 3.8) is 0 Å². The van der Waals surface area contributed by atoms with Crippen LogP contribution in [0.5, 0.6) is 5.75 Å². The standard InChI is InChI=1S/C14H18N2O2/c1-14(2,17)10-18-12-8-15-13(16-9-12)11-6-4-3-5-7-11/h4,6-9,17H,3,5,10H2,1-2H3. The Morgan fingerprint density at radius 1 is 1.28 bits per heavy atom. The number of aliphatic hydroxyl groups is 1. The number of aromatic nitrogens is 2. The summed E-state index contributed by atoms with van der Waals surface area (Å²) in [6.45, 7) is 3.61. The molecule has 0 aliphatic heterocycles. The van der Waals surface area contributed by atoms with E-state index in [1.807, 2.05) is 6.08 Å². The van der Waals surface area contributed by atoms with Crippen molar-refractivity contribution in [1.82, 2.24) is 9.97 Å². The Kier molecular flexibility index (Phi) is 3.77. The molecule has 1 N–H and O–H groups in total. The molecule has 96 valence electrons. The van der Waals surface area contributed by atoms with E-state index in [1.165, 1.54) is 0 Å². The van der Waals surface area contributed by atoms with E-state index in [2.05, 4.69) is 22.1 Å². The van der Waals surface area contributed by atoms with Gasteiger partial charge in [0, 0.05) is 5.57 Å².